The lowest BCUT2D eigenvalue weighted by Gasteiger charge is -2.27. The molecule has 1 fully saturated rings. The normalized spacial score (nSPS) is 14.4. The van der Waals surface area contributed by atoms with Gasteiger partial charge in [0.25, 0.3) is 0 Å². The minimum atomic E-state index is 0.465. The van der Waals surface area contributed by atoms with E-state index in [1.807, 2.05) is 12.1 Å². The number of pyridine rings is 1. The molecule has 1 aliphatic rings. The highest BCUT2D eigenvalue weighted by atomic mass is 79.9. The van der Waals surface area contributed by atoms with E-state index in [1.54, 1.807) is 29.3 Å². The molecule has 1 saturated heterocycles. The number of rotatable bonds is 5. The summed E-state index contributed by atoms with van der Waals surface area (Å²) >= 11 is 3.52. The van der Waals surface area contributed by atoms with Crippen LogP contribution >= 0.6 is 15.9 Å². The molecule has 1 aliphatic heterocycles. The molecule has 0 aromatic carbocycles. The van der Waals surface area contributed by atoms with Crippen molar-refractivity contribution >= 4 is 33.5 Å². The maximum absolute atomic E-state index is 5.44. The van der Waals surface area contributed by atoms with Crippen LogP contribution in [0, 0.1) is 0 Å². The molecule has 10 nitrogen and oxygen atoms in total. The second-order valence-corrected chi connectivity index (χ2v) is 7.37. The largest absolute Gasteiger partial charge is 0.378 e. The van der Waals surface area contributed by atoms with Crippen LogP contribution in [0.25, 0.3) is 16.9 Å². The standard InChI is InChI=1S/C18H18BrN9O/c19-13-9-23-28-16(13)25-18(27-4-6-29-7-5-27)26-17(28)22-11-15-21-10-14(24-15)12-2-1-3-20-8-12/h1-3,8-10H,4-7,11H2,(H,21,24)(H,22,25,26). The van der Waals surface area contributed by atoms with E-state index in [1.165, 1.54) is 0 Å². The zero-order valence-electron chi connectivity index (χ0n) is 15.4. The Morgan fingerprint density at radius 1 is 1.17 bits per heavy atom. The molecule has 4 aromatic rings. The molecule has 2 N–H and O–H groups in total. The van der Waals surface area contributed by atoms with Gasteiger partial charge in [-0.05, 0) is 28.1 Å². The minimum Gasteiger partial charge on any atom is -0.378 e. The number of imidazole rings is 1. The fourth-order valence-corrected chi connectivity index (χ4v) is 3.49. The Labute approximate surface area is 174 Å². The number of anilines is 2. The van der Waals surface area contributed by atoms with Crippen LogP contribution in [-0.2, 0) is 11.3 Å². The highest BCUT2D eigenvalue weighted by molar-refractivity contribution is 9.10. The van der Waals surface area contributed by atoms with E-state index < -0.39 is 0 Å². The zero-order valence-corrected chi connectivity index (χ0v) is 17.0. The average Bonchev–Trinajstić information content (AvgIpc) is 3.40. The summed E-state index contributed by atoms with van der Waals surface area (Å²) in [5.74, 6) is 2.04. The number of fused-ring (bicyclic) bond motifs is 1. The van der Waals surface area contributed by atoms with Gasteiger partial charge in [-0.1, -0.05) is 0 Å². The van der Waals surface area contributed by atoms with Crippen LogP contribution < -0.4 is 10.2 Å². The molecular weight excluding hydrogens is 438 g/mol. The van der Waals surface area contributed by atoms with Crippen LogP contribution in [0.4, 0.5) is 11.9 Å². The van der Waals surface area contributed by atoms with E-state index in [0.29, 0.717) is 37.3 Å². The molecule has 11 heteroatoms. The van der Waals surface area contributed by atoms with Gasteiger partial charge in [0.1, 0.15) is 5.82 Å². The van der Waals surface area contributed by atoms with Crippen molar-refractivity contribution < 1.29 is 4.74 Å². The van der Waals surface area contributed by atoms with E-state index in [0.717, 1.165) is 34.6 Å². The highest BCUT2D eigenvalue weighted by Gasteiger charge is 2.18. The second kappa shape index (κ2) is 7.76. The Morgan fingerprint density at radius 3 is 2.90 bits per heavy atom. The Kier molecular flexibility index (Phi) is 4.82. The summed E-state index contributed by atoms with van der Waals surface area (Å²) in [6.45, 7) is 3.32. The van der Waals surface area contributed by atoms with Crippen LogP contribution in [0.3, 0.4) is 0 Å². The molecule has 0 bridgehead atoms. The molecule has 0 amide bonds. The lowest BCUT2D eigenvalue weighted by molar-refractivity contribution is 0.122. The molecule has 0 atom stereocenters. The number of nitrogens with zero attached hydrogens (tertiary/aromatic N) is 7. The first-order valence-electron chi connectivity index (χ1n) is 9.20. The van der Waals surface area contributed by atoms with Gasteiger partial charge >= 0.3 is 0 Å². The summed E-state index contributed by atoms with van der Waals surface area (Å²) in [7, 11) is 0. The summed E-state index contributed by atoms with van der Waals surface area (Å²) in [6, 6.07) is 3.88. The van der Waals surface area contributed by atoms with Gasteiger partial charge in [-0.25, -0.2) is 4.98 Å². The van der Waals surface area contributed by atoms with Crippen LogP contribution in [0.1, 0.15) is 5.82 Å². The molecule has 148 valence electrons. The van der Waals surface area contributed by atoms with Gasteiger partial charge < -0.3 is 19.9 Å². The first-order valence-corrected chi connectivity index (χ1v) is 9.99. The van der Waals surface area contributed by atoms with Crippen LogP contribution in [0.5, 0.6) is 0 Å². The molecule has 5 heterocycles. The number of hydrogen-bond donors (Lipinski definition) is 2. The first kappa shape index (κ1) is 18.0. The van der Waals surface area contributed by atoms with Gasteiger partial charge in [0.15, 0.2) is 5.65 Å². The van der Waals surface area contributed by atoms with Crippen molar-refractivity contribution in [3.63, 3.8) is 0 Å². The number of aromatic nitrogens is 7. The number of morpholine rings is 1. The number of H-pyrrole nitrogens is 1. The van der Waals surface area contributed by atoms with Crippen molar-refractivity contribution in [2.45, 2.75) is 6.54 Å². The van der Waals surface area contributed by atoms with Gasteiger partial charge in [-0.3, -0.25) is 4.98 Å². The molecule has 4 aromatic heterocycles. The number of aromatic amines is 1. The van der Waals surface area contributed by atoms with E-state index in [9.17, 15) is 0 Å². The van der Waals surface area contributed by atoms with Crippen molar-refractivity contribution in [3.05, 3.63) is 47.2 Å². The smallest absolute Gasteiger partial charge is 0.230 e. The predicted molar refractivity (Wildman–Crippen MR) is 111 cm³/mol. The molecule has 0 spiro atoms. The number of nitrogens with one attached hydrogen (secondary N) is 2. The molecular formula is C18H18BrN9O. The van der Waals surface area contributed by atoms with E-state index in [4.69, 9.17) is 9.72 Å². The zero-order chi connectivity index (χ0) is 19.6. The summed E-state index contributed by atoms with van der Waals surface area (Å²) < 4.78 is 7.93. The lowest BCUT2D eigenvalue weighted by Crippen LogP contribution is -2.37. The molecule has 0 aliphatic carbocycles. The predicted octanol–water partition coefficient (Wildman–Crippen LogP) is 2.12. The summed E-state index contributed by atoms with van der Waals surface area (Å²) in [6.07, 6.45) is 7.06. The van der Waals surface area contributed by atoms with Crippen molar-refractivity contribution in [2.24, 2.45) is 0 Å². The molecule has 5 rings (SSSR count). The quantitative estimate of drug-likeness (QED) is 0.470. The third-order valence-electron chi connectivity index (χ3n) is 4.62. The van der Waals surface area contributed by atoms with Gasteiger partial charge in [0, 0.05) is 31.0 Å². The van der Waals surface area contributed by atoms with Gasteiger partial charge in [-0.2, -0.15) is 19.6 Å². The Hall–Kier alpha value is -3.05. The fourth-order valence-electron chi connectivity index (χ4n) is 3.14. The highest BCUT2D eigenvalue weighted by Crippen LogP contribution is 2.22. The Bertz CT molecular complexity index is 1120. The van der Waals surface area contributed by atoms with Crippen LogP contribution in [-0.4, -0.2) is 60.8 Å². The fraction of sp³-hybridized carbons (Fsp3) is 0.278. The Balaban J connectivity index is 1.40. The van der Waals surface area contributed by atoms with Gasteiger partial charge in [0.05, 0.1) is 42.3 Å². The molecule has 0 radical (unpaired) electrons. The maximum atomic E-state index is 5.44. The third-order valence-corrected chi connectivity index (χ3v) is 5.18. The minimum absolute atomic E-state index is 0.465. The van der Waals surface area contributed by atoms with E-state index in [-0.39, 0.29) is 0 Å². The third kappa shape index (κ3) is 3.66. The lowest BCUT2D eigenvalue weighted by atomic mass is 10.2. The summed E-state index contributed by atoms with van der Waals surface area (Å²) in [5.41, 5.74) is 2.61. The van der Waals surface area contributed by atoms with Crippen molar-refractivity contribution in [1.29, 1.82) is 0 Å². The monoisotopic (exact) mass is 455 g/mol. The molecule has 29 heavy (non-hydrogen) atoms. The van der Waals surface area contributed by atoms with Gasteiger partial charge in [-0.15, -0.1) is 0 Å². The summed E-state index contributed by atoms with van der Waals surface area (Å²) in [5, 5.41) is 7.69. The number of halogens is 1. The maximum Gasteiger partial charge on any atom is 0.230 e. The second-order valence-electron chi connectivity index (χ2n) is 6.51. The first-order chi connectivity index (χ1) is 14.3. The van der Waals surface area contributed by atoms with Crippen LogP contribution in [0.15, 0.2) is 41.4 Å². The van der Waals surface area contributed by atoms with E-state index >= 15 is 0 Å². The van der Waals surface area contributed by atoms with Gasteiger partial charge in [0.2, 0.25) is 11.9 Å². The average molecular weight is 456 g/mol. The van der Waals surface area contributed by atoms with E-state index in [2.05, 4.69) is 51.2 Å². The number of ether oxygens (including phenoxy) is 1. The van der Waals surface area contributed by atoms with Crippen LogP contribution in [0.2, 0.25) is 0 Å². The molecule has 0 saturated carbocycles. The summed E-state index contributed by atoms with van der Waals surface area (Å²) in [4.78, 5) is 23.4. The SMILES string of the molecule is Brc1cnn2c(NCc3ncc(-c4cccnc4)[nH]3)nc(N3CCOCC3)nc12. The van der Waals surface area contributed by atoms with Crippen molar-refractivity contribution in [1.82, 2.24) is 34.5 Å². The Morgan fingerprint density at radius 2 is 2.07 bits per heavy atom. The molecule has 0 unspecified atom stereocenters. The topological polar surface area (TPSA) is 109 Å². The van der Waals surface area contributed by atoms with Crippen molar-refractivity contribution in [3.8, 4) is 11.3 Å². The number of hydrogen-bond acceptors (Lipinski definition) is 8. The van der Waals surface area contributed by atoms with Crippen molar-refractivity contribution in [2.75, 3.05) is 36.5 Å².